The molecule has 6 heteroatoms. The van der Waals surface area contributed by atoms with E-state index in [2.05, 4.69) is 55.6 Å². The molecule has 0 unspecified atom stereocenters. The highest BCUT2D eigenvalue weighted by atomic mass is 16.3. The third kappa shape index (κ3) is 4.50. The molecule has 5 rings (SSSR count). The molecule has 0 aliphatic rings. The maximum Gasteiger partial charge on any atom is 0.266 e. The first kappa shape index (κ1) is 23.4. The Labute approximate surface area is 210 Å². The van der Waals surface area contributed by atoms with Gasteiger partial charge in [0.2, 0.25) is 0 Å². The van der Waals surface area contributed by atoms with E-state index in [-0.39, 0.29) is 17.4 Å². The van der Waals surface area contributed by atoms with E-state index in [1.807, 2.05) is 53.2 Å². The summed E-state index contributed by atoms with van der Waals surface area (Å²) < 4.78 is 3.15. The number of anilines is 2. The Hall–Kier alpha value is -4.32. The summed E-state index contributed by atoms with van der Waals surface area (Å²) in [5, 5.41) is 19.6. The van der Waals surface area contributed by atoms with Crippen LogP contribution in [-0.2, 0) is 20.0 Å². The van der Waals surface area contributed by atoms with Gasteiger partial charge in [-0.3, -0.25) is 9.36 Å². The van der Waals surface area contributed by atoms with E-state index in [1.165, 1.54) is 4.57 Å². The molecule has 0 amide bonds. The molecule has 0 aliphatic carbocycles. The normalized spacial score (nSPS) is 11.3. The van der Waals surface area contributed by atoms with Gasteiger partial charge in [0.1, 0.15) is 16.7 Å². The molecule has 3 aromatic carbocycles. The van der Waals surface area contributed by atoms with Crippen molar-refractivity contribution in [2.45, 2.75) is 26.8 Å². The highest BCUT2D eigenvalue weighted by Crippen LogP contribution is 2.32. The second kappa shape index (κ2) is 9.74. The van der Waals surface area contributed by atoms with E-state index in [4.69, 9.17) is 5.10 Å². The van der Waals surface area contributed by atoms with Gasteiger partial charge in [-0.15, -0.1) is 0 Å². The third-order valence-corrected chi connectivity index (χ3v) is 6.39. The fourth-order valence-corrected chi connectivity index (χ4v) is 4.55. The quantitative estimate of drug-likeness (QED) is 0.297. The second-order valence-electron chi connectivity index (χ2n) is 9.55. The topological polar surface area (TPSA) is 72.1 Å². The molecule has 0 saturated heterocycles. The van der Waals surface area contributed by atoms with Gasteiger partial charge in [-0.1, -0.05) is 86.6 Å². The molecule has 0 atom stereocenters. The van der Waals surface area contributed by atoms with Gasteiger partial charge in [0.15, 0.2) is 5.88 Å². The summed E-state index contributed by atoms with van der Waals surface area (Å²) in [7, 11) is 1.60. The molecular weight excluding hydrogens is 448 g/mol. The molecule has 2 aromatic heterocycles. The lowest BCUT2D eigenvalue weighted by Crippen LogP contribution is -2.19. The van der Waals surface area contributed by atoms with E-state index in [9.17, 15) is 9.90 Å². The van der Waals surface area contributed by atoms with Crippen LogP contribution in [0, 0.1) is 5.92 Å². The van der Waals surface area contributed by atoms with Crippen molar-refractivity contribution in [3.8, 4) is 17.0 Å². The summed E-state index contributed by atoms with van der Waals surface area (Å²) >= 11 is 0. The highest BCUT2D eigenvalue weighted by Gasteiger charge is 2.23. The summed E-state index contributed by atoms with van der Waals surface area (Å²) in [4.78, 5) is 13.4. The van der Waals surface area contributed by atoms with E-state index >= 15 is 0 Å². The van der Waals surface area contributed by atoms with Crippen LogP contribution < -0.4 is 10.9 Å². The van der Waals surface area contributed by atoms with Crippen LogP contribution in [0.25, 0.3) is 22.0 Å². The number of pyridine rings is 1. The molecular formula is C30H30N4O2. The van der Waals surface area contributed by atoms with Gasteiger partial charge >= 0.3 is 0 Å². The lowest BCUT2D eigenvalue weighted by atomic mass is 10.0. The molecule has 182 valence electrons. The summed E-state index contributed by atoms with van der Waals surface area (Å²) in [6, 6.07) is 28.4. The Morgan fingerprint density at radius 1 is 0.889 bits per heavy atom. The van der Waals surface area contributed by atoms with Gasteiger partial charge in [0.05, 0.1) is 6.54 Å². The number of rotatable bonds is 7. The molecule has 0 saturated carbocycles. The number of aromatic hydroxyl groups is 1. The molecule has 6 nitrogen and oxygen atoms in total. The number of nitrogens with zero attached hydrogens (tertiary/aromatic N) is 3. The first-order chi connectivity index (χ1) is 17.4. The average Bonchev–Trinajstić information content (AvgIpc) is 3.24. The molecule has 5 aromatic rings. The predicted octanol–water partition coefficient (Wildman–Crippen LogP) is 6.10. The van der Waals surface area contributed by atoms with Crippen LogP contribution in [0.1, 0.15) is 25.0 Å². The van der Waals surface area contributed by atoms with Crippen molar-refractivity contribution in [2.75, 3.05) is 5.32 Å². The van der Waals surface area contributed by atoms with Gasteiger partial charge in [-0.05, 0) is 41.2 Å². The second-order valence-corrected chi connectivity index (χ2v) is 9.55. The number of para-hydroxylation sites is 1. The Balaban J connectivity index is 1.63. The van der Waals surface area contributed by atoms with Crippen LogP contribution in [0.2, 0.25) is 0 Å². The van der Waals surface area contributed by atoms with E-state index in [0.29, 0.717) is 35.2 Å². The number of fused-ring (bicyclic) bond motifs is 1. The zero-order valence-corrected chi connectivity index (χ0v) is 20.8. The van der Waals surface area contributed by atoms with Crippen LogP contribution in [0.15, 0.2) is 89.7 Å². The van der Waals surface area contributed by atoms with Gasteiger partial charge in [-0.25, -0.2) is 4.68 Å². The Morgan fingerprint density at radius 2 is 1.50 bits per heavy atom. The van der Waals surface area contributed by atoms with Gasteiger partial charge < -0.3 is 10.4 Å². The molecule has 0 bridgehead atoms. The van der Waals surface area contributed by atoms with E-state index in [1.54, 1.807) is 7.05 Å². The Kier molecular flexibility index (Phi) is 6.34. The number of hydrogen-bond acceptors (Lipinski definition) is 4. The average molecular weight is 479 g/mol. The van der Waals surface area contributed by atoms with E-state index < -0.39 is 0 Å². The number of benzene rings is 3. The SMILES string of the molecule is CC(C)Cc1c(O)n(C)c(=O)c2c(Nc3ccccc3)n(Cc3ccc(-c4ccccc4)cc3)nc12. The van der Waals surface area contributed by atoms with Crippen LogP contribution in [0.5, 0.6) is 5.88 Å². The lowest BCUT2D eigenvalue weighted by molar-refractivity contribution is 0.414. The first-order valence-corrected chi connectivity index (χ1v) is 12.2. The van der Waals surface area contributed by atoms with Crippen LogP contribution >= 0.6 is 0 Å². The van der Waals surface area contributed by atoms with E-state index in [0.717, 1.165) is 22.4 Å². The van der Waals surface area contributed by atoms with Gasteiger partial charge in [-0.2, -0.15) is 5.10 Å². The molecule has 2 heterocycles. The Morgan fingerprint density at radius 3 is 2.14 bits per heavy atom. The van der Waals surface area contributed by atoms with Crippen molar-refractivity contribution in [1.82, 2.24) is 14.3 Å². The summed E-state index contributed by atoms with van der Waals surface area (Å²) in [6.45, 7) is 4.65. The predicted molar refractivity (Wildman–Crippen MR) is 146 cm³/mol. The van der Waals surface area contributed by atoms with Crippen LogP contribution in [-0.4, -0.2) is 19.5 Å². The largest absolute Gasteiger partial charge is 0.494 e. The Bertz CT molecular complexity index is 1550. The van der Waals surface area contributed by atoms with Crippen molar-refractivity contribution in [3.05, 3.63) is 106 Å². The van der Waals surface area contributed by atoms with Gasteiger partial charge in [0, 0.05) is 18.3 Å². The van der Waals surface area contributed by atoms with Crippen LogP contribution in [0.4, 0.5) is 11.5 Å². The molecule has 0 fully saturated rings. The molecule has 2 N–H and O–H groups in total. The maximum atomic E-state index is 13.4. The minimum Gasteiger partial charge on any atom is -0.494 e. The van der Waals surface area contributed by atoms with Gasteiger partial charge in [0.25, 0.3) is 5.56 Å². The molecule has 0 spiro atoms. The smallest absolute Gasteiger partial charge is 0.266 e. The van der Waals surface area contributed by atoms with Crippen molar-refractivity contribution in [1.29, 1.82) is 0 Å². The summed E-state index contributed by atoms with van der Waals surface area (Å²) in [6.07, 6.45) is 0.615. The fourth-order valence-electron chi connectivity index (χ4n) is 4.55. The number of aromatic nitrogens is 3. The highest BCUT2D eigenvalue weighted by molar-refractivity contribution is 5.94. The lowest BCUT2D eigenvalue weighted by Gasteiger charge is -2.12. The minimum absolute atomic E-state index is 0.0238. The van der Waals surface area contributed by atoms with Crippen molar-refractivity contribution in [2.24, 2.45) is 13.0 Å². The summed E-state index contributed by atoms with van der Waals surface area (Å²) in [5.41, 5.74) is 5.19. The molecule has 36 heavy (non-hydrogen) atoms. The first-order valence-electron chi connectivity index (χ1n) is 12.2. The zero-order chi connectivity index (χ0) is 25.2. The fraction of sp³-hybridized carbons (Fsp3) is 0.200. The minimum atomic E-state index is -0.279. The number of nitrogens with one attached hydrogen (secondary N) is 1. The van der Waals surface area contributed by atoms with Crippen molar-refractivity contribution < 1.29 is 5.11 Å². The summed E-state index contributed by atoms with van der Waals surface area (Å²) in [5.74, 6) is 0.885. The maximum absolute atomic E-state index is 13.4. The van der Waals surface area contributed by atoms with Crippen molar-refractivity contribution in [3.63, 3.8) is 0 Å². The van der Waals surface area contributed by atoms with Crippen LogP contribution in [0.3, 0.4) is 0 Å². The molecule has 0 radical (unpaired) electrons. The monoisotopic (exact) mass is 478 g/mol. The van der Waals surface area contributed by atoms with Crippen molar-refractivity contribution >= 4 is 22.4 Å². The zero-order valence-electron chi connectivity index (χ0n) is 20.8. The molecule has 0 aliphatic heterocycles. The third-order valence-electron chi connectivity index (χ3n) is 6.39. The standard InChI is InChI=1S/C30H30N4O2/c1-20(2)18-25-27-26(30(36)33(3)29(25)35)28(31-24-12-8-5-9-13-24)34(32-27)19-21-14-16-23(17-15-21)22-10-6-4-7-11-22/h4-17,20,31,35H,18-19H2,1-3H3. The number of hydrogen-bond donors (Lipinski definition) is 2.